The topological polar surface area (TPSA) is 134 Å². The minimum atomic E-state index is -5.11. The number of benzene rings is 1. The smallest absolute Gasteiger partial charge is 0.780 e. The van der Waals surface area contributed by atoms with Gasteiger partial charge in [-0.05, 0) is 24.6 Å². The number of rotatable bonds is 2. The minimum Gasteiger partial charge on any atom is -0.780 e. The van der Waals surface area contributed by atoms with Crippen molar-refractivity contribution in [3.8, 4) is 5.75 Å². The summed E-state index contributed by atoms with van der Waals surface area (Å²) in [6.07, 6.45) is 0. The van der Waals surface area contributed by atoms with Crippen LogP contribution in [0.3, 0.4) is 0 Å². The predicted molar refractivity (Wildman–Crippen MR) is 59.1 cm³/mol. The van der Waals surface area contributed by atoms with E-state index in [2.05, 4.69) is 4.52 Å². The molecule has 1 heterocycles. The zero-order valence-electron chi connectivity index (χ0n) is 11.2. The summed E-state index contributed by atoms with van der Waals surface area (Å²) in [5.41, 5.74) is 0.302. The van der Waals surface area contributed by atoms with Crippen molar-refractivity contribution in [2.45, 2.75) is 6.92 Å². The Morgan fingerprint density at radius 2 is 1.80 bits per heavy atom. The fourth-order valence-corrected chi connectivity index (χ4v) is 1.86. The van der Waals surface area contributed by atoms with Crippen molar-refractivity contribution < 1.29 is 87.9 Å². The van der Waals surface area contributed by atoms with Crippen LogP contribution in [0.25, 0.3) is 11.0 Å². The van der Waals surface area contributed by atoms with Crippen molar-refractivity contribution in [3.63, 3.8) is 0 Å². The molecule has 0 saturated heterocycles. The van der Waals surface area contributed by atoms with Gasteiger partial charge in [0.25, 0.3) is 0 Å². The Balaban J connectivity index is 0. The minimum absolute atomic E-state index is 0. The number of phosphoric acid groups is 1. The van der Waals surface area contributed by atoms with Gasteiger partial charge in [-0.2, -0.15) is 0 Å². The molecule has 98 valence electrons. The summed E-state index contributed by atoms with van der Waals surface area (Å²) >= 11 is 0. The van der Waals surface area contributed by atoms with E-state index in [1.165, 1.54) is 24.3 Å². The van der Waals surface area contributed by atoms with Gasteiger partial charge in [0.1, 0.15) is 19.2 Å². The molecule has 2 rings (SSSR count). The molecular formula is C10H9Na2O7P. The quantitative estimate of drug-likeness (QED) is 0.307. The second-order valence-electron chi connectivity index (χ2n) is 3.44. The third kappa shape index (κ3) is 5.99. The van der Waals surface area contributed by atoms with Gasteiger partial charge in [0, 0.05) is 17.5 Å². The Morgan fingerprint density at radius 1 is 1.20 bits per heavy atom. The maximum Gasteiger partial charge on any atom is 1.00 e. The maximum atomic E-state index is 11.1. The third-order valence-electron chi connectivity index (χ3n) is 2.14. The Labute approximate surface area is 158 Å². The molecule has 1 aromatic carbocycles. The van der Waals surface area contributed by atoms with Crippen LogP contribution in [0, 0.1) is 6.92 Å². The third-order valence-corrected chi connectivity index (χ3v) is 2.57. The van der Waals surface area contributed by atoms with E-state index < -0.39 is 13.4 Å². The van der Waals surface area contributed by atoms with Crippen molar-refractivity contribution in [3.05, 3.63) is 40.2 Å². The molecule has 10 heteroatoms. The first-order valence-electron chi connectivity index (χ1n) is 4.61. The average molecular weight is 318 g/mol. The van der Waals surface area contributed by atoms with Crippen LogP contribution in [0.15, 0.2) is 33.5 Å². The van der Waals surface area contributed by atoms with Gasteiger partial charge in [0.05, 0.1) is 0 Å². The van der Waals surface area contributed by atoms with E-state index in [0.717, 1.165) is 0 Å². The van der Waals surface area contributed by atoms with Crippen LogP contribution in [0.5, 0.6) is 5.75 Å². The zero-order chi connectivity index (χ0) is 12.6. The van der Waals surface area contributed by atoms with E-state index in [4.69, 9.17) is 4.42 Å². The molecule has 2 N–H and O–H groups in total. The molecule has 20 heavy (non-hydrogen) atoms. The largest absolute Gasteiger partial charge is 1.00 e. The Kier molecular flexibility index (Phi) is 9.84. The Hall–Kier alpha value is 0.340. The van der Waals surface area contributed by atoms with Gasteiger partial charge < -0.3 is 28.8 Å². The van der Waals surface area contributed by atoms with Crippen LogP contribution < -0.4 is 79.1 Å². The molecule has 1 aromatic heterocycles. The molecule has 0 aliphatic heterocycles. The number of aryl methyl sites for hydroxylation is 1. The van der Waals surface area contributed by atoms with Crippen LogP contribution in [0.2, 0.25) is 0 Å². The first-order chi connectivity index (χ1) is 7.85. The number of hydrogen-bond acceptors (Lipinski definition) is 6. The van der Waals surface area contributed by atoms with E-state index in [1.54, 1.807) is 6.92 Å². The SMILES string of the molecule is Cc1cc(=O)oc2cc(OP(=O)([O-])[O-])ccc12.O.[Na+].[Na+]. The molecular weight excluding hydrogens is 309 g/mol. The molecule has 7 nitrogen and oxygen atoms in total. The molecule has 0 atom stereocenters. The molecule has 0 amide bonds. The number of fused-ring (bicyclic) bond motifs is 1. The zero-order valence-corrected chi connectivity index (χ0v) is 16.1. The summed E-state index contributed by atoms with van der Waals surface area (Å²) in [5, 5.41) is 0.642. The van der Waals surface area contributed by atoms with E-state index in [1.807, 2.05) is 0 Å². The van der Waals surface area contributed by atoms with E-state index in [-0.39, 0.29) is 75.9 Å². The summed E-state index contributed by atoms with van der Waals surface area (Å²) in [6, 6.07) is 5.33. The molecule has 2 aromatic rings. The predicted octanol–water partition coefficient (Wildman–Crippen LogP) is -6.51. The van der Waals surface area contributed by atoms with Crippen LogP contribution in [0.1, 0.15) is 5.56 Å². The second kappa shape index (κ2) is 8.70. The van der Waals surface area contributed by atoms with Crippen molar-refractivity contribution in [2.75, 3.05) is 0 Å². The molecule has 0 saturated carbocycles. The second-order valence-corrected chi connectivity index (χ2v) is 4.52. The van der Waals surface area contributed by atoms with Gasteiger partial charge in [-0.3, -0.25) is 0 Å². The summed E-state index contributed by atoms with van der Waals surface area (Å²) < 4.78 is 19.5. The monoisotopic (exact) mass is 318 g/mol. The molecule has 0 fully saturated rings. The standard InChI is InChI=1S/C10H9O6P.2Na.H2O/c1-6-4-10(11)15-9-5-7(2-3-8(6)9)16-17(12,13)14;;;/h2-5H,1H3,(H2,12,13,14);;;1H2/q;2*+1;/p-2. The van der Waals surface area contributed by atoms with Crippen LogP contribution in [-0.2, 0) is 4.57 Å². The number of hydrogen-bond donors (Lipinski definition) is 0. The van der Waals surface area contributed by atoms with E-state index in [9.17, 15) is 19.1 Å². The summed E-state index contributed by atoms with van der Waals surface area (Å²) in [4.78, 5) is 32.0. The normalized spacial score (nSPS) is 9.95. The average Bonchev–Trinajstić information content (AvgIpc) is 2.13. The van der Waals surface area contributed by atoms with Gasteiger partial charge in [0.2, 0.25) is 0 Å². The van der Waals surface area contributed by atoms with E-state index in [0.29, 0.717) is 10.9 Å². The molecule has 0 aliphatic carbocycles. The van der Waals surface area contributed by atoms with Gasteiger partial charge >= 0.3 is 64.7 Å². The van der Waals surface area contributed by atoms with E-state index >= 15 is 0 Å². The van der Waals surface area contributed by atoms with Crippen LogP contribution in [0.4, 0.5) is 0 Å². The summed E-state index contributed by atoms with van der Waals surface area (Å²) in [7, 11) is -5.11. The van der Waals surface area contributed by atoms with Crippen molar-refractivity contribution >= 4 is 18.8 Å². The Bertz CT molecular complexity index is 679. The molecule has 0 spiro atoms. The fourth-order valence-electron chi connectivity index (χ4n) is 1.49. The van der Waals surface area contributed by atoms with Crippen LogP contribution in [-0.4, -0.2) is 5.48 Å². The molecule has 0 bridgehead atoms. The van der Waals surface area contributed by atoms with Crippen molar-refractivity contribution in [1.29, 1.82) is 0 Å². The molecule has 0 radical (unpaired) electrons. The van der Waals surface area contributed by atoms with Crippen LogP contribution >= 0.6 is 7.82 Å². The van der Waals surface area contributed by atoms with Gasteiger partial charge in [-0.15, -0.1) is 0 Å². The number of phosphoric ester groups is 1. The van der Waals surface area contributed by atoms with Gasteiger partial charge in [-0.25, -0.2) is 4.79 Å². The van der Waals surface area contributed by atoms with Crippen molar-refractivity contribution in [2.24, 2.45) is 0 Å². The molecule has 0 aliphatic rings. The first kappa shape index (κ1) is 22.6. The fraction of sp³-hybridized carbons (Fsp3) is 0.100. The van der Waals surface area contributed by atoms with Gasteiger partial charge in [0.15, 0.2) is 0 Å². The first-order valence-corrected chi connectivity index (χ1v) is 6.07. The summed E-state index contributed by atoms with van der Waals surface area (Å²) in [5.74, 6) is -0.181. The summed E-state index contributed by atoms with van der Waals surface area (Å²) in [6.45, 7) is 1.71. The molecule has 0 unspecified atom stereocenters. The van der Waals surface area contributed by atoms with Gasteiger partial charge in [-0.1, -0.05) is 0 Å². The Morgan fingerprint density at radius 3 is 2.35 bits per heavy atom. The van der Waals surface area contributed by atoms with Crippen molar-refractivity contribution in [1.82, 2.24) is 0 Å². The maximum absolute atomic E-state index is 11.1.